The molecule has 0 spiro atoms. The van der Waals surface area contributed by atoms with Gasteiger partial charge in [0.05, 0.1) is 30.2 Å². The van der Waals surface area contributed by atoms with Gasteiger partial charge >= 0.3 is 0 Å². The van der Waals surface area contributed by atoms with Crippen LogP contribution in [0.3, 0.4) is 0 Å². The van der Waals surface area contributed by atoms with Crippen molar-refractivity contribution in [2.24, 2.45) is 11.8 Å². The quantitative estimate of drug-likeness (QED) is 0.116. The second-order valence-corrected chi connectivity index (χ2v) is 13.4. The Labute approximate surface area is 277 Å². The van der Waals surface area contributed by atoms with E-state index in [0.29, 0.717) is 44.5 Å². The molecule has 8 atom stereocenters. The van der Waals surface area contributed by atoms with Gasteiger partial charge in [0, 0.05) is 19.6 Å². The maximum atomic E-state index is 14.5. The first-order valence-corrected chi connectivity index (χ1v) is 16.5. The fourth-order valence-electron chi connectivity index (χ4n) is 5.97. The van der Waals surface area contributed by atoms with E-state index in [9.17, 15) is 38.4 Å². The summed E-state index contributed by atoms with van der Waals surface area (Å²) in [5, 5.41) is 11.9. The van der Waals surface area contributed by atoms with Crippen LogP contribution >= 0.6 is 0 Å². The van der Waals surface area contributed by atoms with Gasteiger partial charge in [0.25, 0.3) is 11.8 Å². The summed E-state index contributed by atoms with van der Waals surface area (Å²) in [6.45, 7) is 12.1. The van der Waals surface area contributed by atoms with Crippen molar-refractivity contribution < 1.29 is 38.4 Å². The molecule has 2 heterocycles. The zero-order chi connectivity index (χ0) is 35.4. The number of ketones is 1. The highest BCUT2D eigenvalue weighted by Gasteiger charge is 2.46. The highest BCUT2D eigenvalue weighted by Crippen LogP contribution is 2.21. The largest absolute Gasteiger partial charge is 0.317 e. The lowest BCUT2D eigenvalue weighted by atomic mass is 9.99. The molecule has 0 aromatic heterocycles. The summed E-state index contributed by atoms with van der Waals surface area (Å²) in [6, 6.07) is -3.75. The fourth-order valence-corrected chi connectivity index (χ4v) is 5.97. The van der Waals surface area contributed by atoms with Crippen molar-refractivity contribution in [1.82, 2.24) is 36.0 Å². The normalized spacial score (nSPS) is 22.8. The molecule has 2 aliphatic rings. The zero-order valence-electron chi connectivity index (χ0n) is 28.6. The van der Waals surface area contributed by atoms with Gasteiger partial charge in [0.15, 0.2) is 18.1 Å². The lowest BCUT2D eigenvalue weighted by Gasteiger charge is -2.47. The predicted molar refractivity (Wildman–Crippen MR) is 172 cm³/mol. The van der Waals surface area contributed by atoms with Gasteiger partial charge in [0.1, 0.15) is 31.3 Å². The van der Waals surface area contributed by atoms with E-state index in [1.807, 2.05) is 27.7 Å². The van der Waals surface area contributed by atoms with E-state index in [4.69, 9.17) is 0 Å². The first-order chi connectivity index (χ1) is 22.2. The number of nitrogens with one attached hydrogen (secondary N) is 4. The van der Waals surface area contributed by atoms with Crippen molar-refractivity contribution in [3.8, 4) is 0 Å². The van der Waals surface area contributed by atoms with Gasteiger partial charge in [-0.05, 0) is 58.3 Å². The molecule has 47 heavy (non-hydrogen) atoms. The topological polar surface area (TPSA) is 194 Å². The van der Waals surface area contributed by atoms with Gasteiger partial charge in [-0.15, -0.1) is 0 Å². The molecule has 3 amide bonds. The Balaban J connectivity index is 2.52. The molecule has 0 aromatic carbocycles. The van der Waals surface area contributed by atoms with Gasteiger partial charge in [-0.1, -0.05) is 27.7 Å². The van der Waals surface area contributed by atoms with E-state index in [1.54, 1.807) is 0 Å². The summed E-state index contributed by atoms with van der Waals surface area (Å²) in [6.07, 6.45) is 0.531. The molecule has 2 rings (SSSR count). The molecule has 2 saturated heterocycles. The van der Waals surface area contributed by atoms with Gasteiger partial charge in [-0.3, -0.25) is 40.4 Å². The standard InChI is InChI=1S/C32H53N7O8/c1-19(2)13-24(17-42)35-26-9-8-10-37(30(26)45)29(36-25(18-43)14-20(3)4)32(47)39-12-11-38(27(23(7)44)33-21(5)15-40)31(46)28(39)34-22(6)16-41/h15-22,24-29,33-36H,8-14H2,1-7H3/t21-,22-,24-,25-,26+,27+,28+,29+/m0/s1. The number of likely N-dealkylation sites (tertiary alicyclic amines) is 1. The van der Waals surface area contributed by atoms with Crippen molar-refractivity contribution in [3.05, 3.63) is 0 Å². The first kappa shape index (κ1) is 39.8. The van der Waals surface area contributed by atoms with Crippen LogP contribution < -0.4 is 21.3 Å². The zero-order valence-corrected chi connectivity index (χ0v) is 28.6. The summed E-state index contributed by atoms with van der Waals surface area (Å²) in [4.78, 5) is 106. The number of hydrogen-bond donors (Lipinski definition) is 4. The molecule has 4 N–H and O–H groups in total. The number of carbonyl (C=O) groups is 8. The number of aldehydes is 4. The van der Waals surface area contributed by atoms with E-state index in [-0.39, 0.29) is 31.5 Å². The van der Waals surface area contributed by atoms with E-state index in [2.05, 4.69) is 21.3 Å². The van der Waals surface area contributed by atoms with Crippen LogP contribution in [0.2, 0.25) is 0 Å². The average Bonchev–Trinajstić information content (AvgIpc) is 3.02. The third-order valence-electron chi connectivity index (χ3n) is 8.23. The number of rotatable bonds is 20. The van der Waals surface area contributed by atoms with Crippen molar-refractivity contribution in [3.63, 3.8) is 0 Å². The van der Waals surface area contributed by atoms with Gasteiger partial charge in [-0.25, -0.2) is 0 Å². The number of hydrogen-bond acceptors (Lipinski definition) is 12. The summed E-state index contributed by atoms with van der Waals surface area (Å²) in [5.41, 5.74) is 0. The number of Topliss-reactive ketones (excluding diaryl/α,β-unsaturated/α-hetero) is 1. The Kier molecular flexibility index (Phi) is 15.9. The van der Waals surface area contributed by atoms with Crippen LogP contribution in [0.15, 0.2) is 0 Å². The Morgan fingerprint density at radius 3 is 1.83 bits per heavy atom. The predicted octanol–water partition coefficient (Wildman–Crippen LogP) is -1.02. The SMILES string of the molecule is CC(=O)[C@H](N[C@@H](C)C=O)N1CCN(C(=O)[C@H](N[C@H](C=O)CC(C)C)N2CCC[C@@H](N[C@H](C=O)CC(C)C)C2=O)[C@@H](N[C@@H](C)C=O)C1=O. The Morgan fingerprint density at radius 1 is 0.723 bits per heavy atom. The van der Waals surface area contributed by atoms with Crippen LogP contribution in [-0.2, 0) is 38.4 Å². The van der Waals surface area contributed by atoms with E-state index in [0.717, 1.165) is 6.29 Å². The second kappa shape index (κ2) is 18.8. The molecular formula is C32H53N7O8. The van der Waals surface area contributed by atoms with Crippen LogP contribution in [0.25, 0.3) is 0 Å². The molecule has 2 fully saturated rings. The smallest absolute Gasteiger partial charge is 0.262 e. The minimum atomic E-state index is -1.41. The van der Waals surface area contributed by atoms with Crippen molar-refractivity contribution in [1.29, 1.82) is 0 Å². The van der Waals surface area contributed by atoms with Gasteiger partial charge in [-0.2, -0.15) is 0 Å². The van der Waals surface area contributed by atoms with Crippen LogP contribution in [0.4, 0.5) is 0 Å². The summed E-state index contributed by atoms with van der Waals surface area (Å²) < 4.78 is 0. The Bertz CT molecular complexity index is 1130. The summed E-state index contributed by atoms with van der Waals surface area (Å²) >= 11 is 0. The minimum Gasteiger partial charge on any atom is -0.317 e. The first-order valence-electron chi connectivity index (χ1n) is 16.5. The van der Waals surface area contributed by atoms with Crippen molar-refractivity contribution >= 4 is 48.6 Å². The number of nitrogens with zero attached hydrogens (tertiary/aromatic N) is 3. The van der Waals surface area contributed by atoms with Crippen LogP contribution in [0, 0.1) is 11.8 Å². The highest BCUT2D eigenvalue weighted by molar-refractivity contribution is 5.96. The third-order valence-corrected chi connectivity index (χ3v) is 8.23. The molecule has 0 radical (unpaired) electrons. The maximum Gasteiger partial charge on any atom is 0.262 e. The number of piperidine rings is 1. The summed E-state index contributed by atoms with van der Waals surface area (Å²) in [5.74, 6) is -1.96. The molecule has 15 nitrogen and oxygen atoms in total. The molecule has 0 unspecified atom stereocenters. The molecule has 0 aliphatic carbocycles. The molecule has 2 aliphatic heterocycles. The average molecular weight is 664 g/mol. The fraction of sp³-hybridized carbons (Fsp3) is 0.750. The lowest BCUT2D eigenvalue weighted by Crippen LogP contribution is -2.73. The Morgan fingerprint density at radius 2 is 1.30 bits per heavy atom. The highest BCUT2D eigenvalue weighted by atomic mass is 16.2. The van der Waals surface area contributed by atoms with Gasteiger partial charge < -0.3 is 33.9 Å². The second-order valence-electron chi connectivity index (χ2n) is 13.4. The molecular weight excluding hydrogens is 610 g/mol. The van der Waals surface area contributed by atoms with Crippen molar-refractivity contribution in [2.45, 2.75) is 123 Å². The molecule has 0 saturated carbocycles. The number of amides is 3. The lowest BCUT2D eigenvalue weighted by molar-refractivity contribution is -0.164. The molecule has 0 bridgehead atoms. The molecule has 264 valence electrons. The minimum absolute atomic E-state index is 0.0713. The third kappa shape index (κ3) is 11.1. The van der Waals surface area contributed by atoms with Crippen LogP contribution in [-0.4, -0.2) is 132 Å². The summed E-state index contributed by atoms with van der Waals surface area (Å²) in [7, 11) is 0. The van der Waals surface area contributed by atoms with E-state index >= 15 is 0 Å². The van der Waals surface area contributed by atoms with Gasteiger partial charge in [0.2, 0.25) is 5.91 Å². The van der Waals surface area contributed by atoms with E-state index < -0.39 is 72.2 Å². The monoisotopic (exact) mass is 663 g/mol. The maximum absolute atomic E-state index is 14.5. The molecule has 0 aromatic rings. The number of piperazine rings is 1. The van der Waals surface area contributed by atoms with E-state index in [1.165, 1.54) is 35.5 Å². The van der Waals surface area contributed by atoms with Crippen LogP contribution in [0.1, 0.15) is 74.1 Å². The van der Waals surface area contributed by atoms with Crippen molar-refractivity contribution in [2.75, 3.05) is 19.6 Å². The Hall–Kier alpha value is -3.40. The molecule has 15 heteroatoms. The van der Waals surface area contributed by atoms with Crippen LogP contribution in [0.5, 0.6) is 0 Å². The number of carbonyl (C=O) groups excluding carboxylic acids is 8.